The normalized spacial score (nSPS) is 18.0. The Balaban J connectivity index is 1.44. The molecule has 39 heavy (non-hydrogen) atoms. The van der Waals surface area contributed by atoms with Crippen molar-refractivity contribution in [2.45, 2.75) is 39.0 Å². The molecular weight excluding hydrogens is 516 g/mol. The molecule has 5 rings (SSSR count). The van der Waals surface area contributed by atoms with Gasteiger partial charge in [0.2, 0.25) is 0 Å². The zero-order valence-corrected chi connectivity index (χ0v) is 22.9. The van der Waals surface area contributed by atoms with Gasteiger partial charge in [-0.25, -0.2) is 15.0 Å². The number of morpholine rings is 1. The fourth-order valence-corrected chi connectivity index (χ4v) is 5.15. The van der Waals surface area contributed by atoms with Gasteiger partial charge in [0.1, 0.15) is 22.6 Å². The van der Waals surface area contributed by atoms with E-state index in [2.05, 4.69) is 50.4 Å². The molecule has 11 heteroatoms. The Hall–Kier alpha value is -4.20. The summed E-state index contributed by atoms with van der Waals surface area (Å²) < 4.78 is 7.40. The van der Waals surface area contributed by atoms with Crippen molar-refractivity contribution in [3.05, 3.63) is 75.8 Å². The van der Waals surface area contributed by atoms with Crippen LogP contribution in [0.5, 0.6) is 0 Å². The molecule has 2 N–H and O–H groups in total. The van der Waals surface area contributed by atoms with Gasteiger partial charge in [-0.15, -0.1) is 0 Å². The molecule has 200 valence electrons. The predicted molar refractivity (Wildman–Crippen MR) is 153 cm³/mol. The number of hydrogen-bond donors (Lipinski definition) is 2. The average molecular weight is 545 g/mol. The minimum absolute atomic E-state index is 0.108. The van der Waals surface area contributed by atoms with Crippen LogP contribution >= 0.6 is 11.6 Å². The molecular formula is C28H29ClN8O2. The molecule has 1 unspecified atom stereocenters. The lowest BCUT2D eigenvalue weighted by atomic mass is 10.1. The predicted octanol–water partition coefficient (Wildman–Crippen LogP) is 4.78. The second kappa shape index (κ2) is 10.9. The maximum absolute atomic E-state index is 13.0. The summed E-state index contributed by atoms with van der Waals surface area (Å²) in [6, 6.07) is 10.7. The first-order valence-electron chi connectivity index (χ1n) is 12.7. The summed E-state index contributed by atoms with van der Waals surface area (Å²) in [7, 11) is 1.71. The van der Waals surface area contributed by atoms with E-state index >= 15 is 0 Å². The van der Waals surface area contributed by atoms with Crippen LogP contribution in [0.3, 0.4) is 0 Å². The largest absolute Gasteiger partial charge is 0.375 e. The van der Waals surface area contributed by atoms with Crippen molar-refractivity contribution in [1.82, 2.24) is 19.5 Å². The Morgan fingerprint density at radius 1 is 1.10 bits per heavy atom. The van der Waals surface area contributed by atoms with Gasteiger partial charge in [0.05, 0.1) is 53.2 Å². The fraction of sp³-hybridized carbons (Fsp3) is 0.321. The third kappa shape index (κ3) is 5.37. The number of anilines is 4. The maximum atomic E-state index is 13.0. The molecule has 1 saturated heterocycles. The summed E-state index contributed by atoms with van der Waals surface area (Å²) in [6.45, 7) is 7.66. The molecule has 3 atom stereocenters. The Bertz CT molecular complexity index is 1610. The Kier molecular flexibility index (Phi) is 7.37. The van der Waals surface area contributed by atoms with Crippen LogP contribution < -0.4 is 21.1 Å². The van der Waals surface area contributed by atoms with Crippen LogP contribution in [0.15, 0.2) is 53.7 Å². The van der Waals surface area contributed by atoms with Crippen LogP contribution in [0.4, 0.5) is 22.7 Å². The third-order valence-corrected chi connectivity index (χ3v) is 7.03. The second-order valence-corrected chi connectivity index (χ2v) is 10.1. The number of hydrogen-bond acceptors (Lipinski definition) is 9. The van der Waals surface area contributed by atoms with E-state index in [9.17, 15) is 10.1 Å². The van der Waals surface area contributed by atoms with Gasteiger partial charge < -0.3 is 24.8 Å². The van der Waals surface area contributed by atoms with Gasteiger partial charge in [0.15, 0.2) is 0 Å². The summed E-state index contributed by atoms with van der Waals surface area (Å²) in [5.74, 6) is 0.612. The first kappa shape index (κ1) is 26.4. The summed E-state index contributed by atoms with van der Waals surface area (Å²) in [5, 5.41) is 17.2. The summed E-state index contributed by atoms with van der Waals surface area (Å²) in [6.07, 6.45) is 5.48. The van der Waals surface area contributed by atoms with Crippen LogP contribution in [0.2, 0.25) is 5.15 Å². The van der Waals surface area contributed by atoms with Gasteiger partial charge >= 0.3 is 0 Å². The lowest BCUT2D eigenvalue weighted by Gasteiger charge is -2.36. The van der Waals surface area contributed by atoms with Crippen LogP contribution in [-0.4, -0.2) is 44.8 Å². The summed E-state index contributed by atoms with van der Waals surface area (Å²) in [5.41, 5.74) is 3.47. The molecule has 0 aliphatic carbocycles. The third-order valence-electron chi connectivity index (χ3n) is 6.75. The number of aryl methyl sites for hydroxylation is 1. The Morgan fingerprint density at radius 2 is 1.82 bits per heavy atom. The molecule has 10 nitrogen and oxygen atoms in total. The van der Waals surface area contributed by atoms with Crippen molar-refractivity contribution < 1.29 is 4.74 Å². The average Bonchev–Trinajstić information content (AvgIpc) is 2.91. The highest BCUT2D eigenvalue weighted by molar-refractivity contribution is 6.31. The monoisotopic (exact) mass is 544 g/mol. The first-order valence-corrected chi connectivity index (χ1v) is 13.1. The van der Waals surface area contributed by atoms with Crippen molar-refractivity contribution in [1.29, 1.82) is 5.26 Å². The topological polar surface area (TPSA) is 121 Å². The standard InChI is InChI=1S/C28H29ClN8O2/c1-16-14-37(15-17(2)39-16)19-12-32-28(33-13-19)18(3)34-24-10-25(38)36(4)26-20(24)6-5-7-23(26)35-22-8-9-31-27(29)21(22)11-30/h5-10,12-13,16-18,34H,14-15H2,1-4H3,(H,31,35)/t16-,17+,18?. The van der Waals surface area contributed by atoms with E-state index in [1.165, 1.54) is 6.20 Å². The number of nitriles is 1. The second-order valence-electron chi connectivity index (χ2n) is 9.75. The lowest BCUT2D eigenvalue weighted by molar-refractivity contribution is -0.00525. The van der Waals surface area contributed by atoms with Crippen molar-refractivity contribution in [2.24, 2.45) is 7.05 Å². The van der Waals surface area contributed by atoms with Crippen LogP contribution in [0.25, 0.3) is 10.9 Å². The number of fused-ring (bicyclic) bond motifs is 1. The van der Waals surface area contributed by atoms with E-state index in [0.29, 0.717) is 28.4 Å². The fourth-order valence-electron chi connectivity index (χ4n) is 4.95. The van der Waals surface area contributed by atoms with Crippen molar-refractivity contribution in [3.8, 4) is 6.07 Å². The highest BCUT2D eigenvalue weighted by atomic mass is 35.5. The molecule has 1 aliphatic rings. The first-order chi connectivity index (χ1) is 18.7. The lowest BCUT2D eigenvalue weighted by Crippen LogP contribution is -2.45. The zero-order valence-electron chi connectivity index (χ0n) is 22.1. The minimum Gasteiger partial charge on any atom is -0.375 e. The van der Waals surface area contributed by atoms with Gasteiger partial charge in [-0.05, 0) is 32.9 Å². The molecule has 1 aromatic carbocycles. The maximum Gasteiger partial charge on any atom is 0.252 e. The van der Waals surface area contributed by atoms with Crippen molar-refractivity contribution >= 4 is 45.3 Å². The number of halogens is 1. The quantitative estimate of drug-likeness (QED) is 0.330. The molecule has 0 amide bonds. The SMILES string of the molecule is CC(Nc1cc(=O)n(C)c2c(Nc3ccnc(Cl)c3C#N)cccc12)c1ncc(N2C[C@@H](C)O[C@@H](C)C2)cn1. The molecule has 4 aromatic rings. The zero-order chi connectivity index (χ0) is 27.7. The smallest absolute Gasteiger partial charge is 0.252 e. The van der Waals surface area contributed by atoms with Gasteiger partial charge in [-0.2, -0.15) is 5.26 Å². The van der Waals surface area contributed by atoms with E-state index in [1.54, 1.807) is 23.7 Å². The van der Waals surface area contributed by atoms with E-state index in [4.69, 9.17) is 16.3 Å². The van der Waals surface area contributed by atoms with Crippen LogP contribution in [0.1, 0.15) is 38.2 Å². The Labute approximate surface area is 231 Å². The number of ether oxygens (including phenoxy) is 1. The molecule has 0 radical (unpaired) electrons. The van der Waals surface area contributed by atoms with Gasteiger partial charge in [-0.1, -0.05) is 23.7 Å². The number of nitrogens with one attached hydrogen (secondary N) is 2. The summed E-state index contributed by atoms with van der Waals surface area (Å²) in [4.78, 5) is 28.4. The van der Waals surface area contributed by atoms with E-state index in [-0.39, 0.29) is 34.5 Å². The minimum atomic E-state index is -0.266. The van der Waals surface area contributed by atoms with Crippen LogP contribution in [-0.2, 0) is 11.8 Å². The number of pyridine rings is 2. The van der Waals surface area contributed by atoms with Crippen molar-refractivity contribution in [2.75, 3.05) is 28.6 Å². The van der Waals surface area contributed by atoms with E-state index < -0.39 is 0 Å². The summed E-state index contributed by atoms with van der Waals surface area (Å²) >= 11 is 6.12. The number of rotatable bonds is 6. The highest BCUT2D eigenvalue weighted by Crippen LogP contribution is 2.33. The molecule has 4 heterocycles. The van der Waals surface area contributed by atoms with Crippen LogP contribution in [0, 0.1) is 11.3 Å². The van der Waals surface area contributed by atoms with Gasteiger partial charge in [-0.3, -0.25) is 4.79 Å². The molecule has 3 aromatic heterocycles. The van der Waals surface area contributed by atoms with E-state index in [0.717, 1.165) is 24.2 Å². The molecule has 0 bridgehead atoms. The van der Waals surface area contributed by atoms with Gasteiger partial charge in [0, 0.05) is 43.5 Å². The molecule has 1 fully saturated rings. The van der Waals surface area contributed by atoms with E-state index in [1.807, 2.05) is 37.5 Å². The molecule has 0 spiro atoms. The number of aromatic nitrogens is 4. The Morgan fingerprint density at radius 3 is 2.51 bits per heavy atom. The molecule has 1 aliphatic heterocycles. The van der Waals surface area contributed by atoms with Crippen molar-refractivity contribution in [3.63, 3.8) is 0 Å². The number of para-hydroxylation sites is 1. The molecule has 0 saturated carbocycles. The number of nitrogens with zero attached hydrogens (tertiary/aromatic N) is 6. The van der Waals surface area contributed by atoms with Gasteiger partial charge in [0.25, 0.3) is 5.56 Å². The highest BCUT2D eigenvalue weighted by Gasteiger charge is 2.23. The number of benzene rings is 1.